The van der Waals surface area contributed by atoms with Gasteiger partial charge in [0.1, 0.15) is 29.5 Å². The van der Waals surface area contributed by atoms with E-state index in [0.29, 0.717) is 43.3 Å². The van der Waals surface area contributed by atoms with Crippen LogP contribution < -0.4 is 10.2 Å². The molecule has 29 heavy (non-hydrogen) atoms. The van der Waals surface area contributed by atoms with Gasteiger partial charge in [-0.25, -0.2) is 19.3 Å². The predicted octanol–water partition coefficient (Wildman–Crippen LogP) is 2.59. The first-order valence-electron chi connectivity index (χ1n) is 9.45. The van der Waals surface area contributed by atoms with Gasteiger partial charge in [0.25, 0.3) is 5.91 Å². The average Bonchev–Trinajstić information content (AvgIpc) is 2.79. The summed E-state index contributed by atoms with van der Waals surface area (Å²) in [6, 6.07) is 14.0. The van der Waals surface area contributed by atoms with Crippen molar-refractivity contribution in [2.75, 3.05) is 36.4 Å². The number of nitrogens with one attached hydrogen (secondary N) is 1. The fourth-order valence-corrected chi connectivity index (χ4v) is 3.24. The Balaban J connectivity index is 1.37. The molecule has 1 amide bonds. The highest BCUT2D eigenvalue weighted by Gasteiger charge is 2.23. The Morgan fingerprint density at radius 1 is 1.00 bits per heavy atom. The van der Waals surface area contributed by atoms with E-state index in [2.05, 4.69) is 25.2 Å². The number of pyridine rings is 1. The summed E-state index contributed by atoms with van der Waals surface area (Å²) in [4.78, 5) is 29.4. The zero-order valence-electron chi connectivity index (χ0n) is 15.8. The van der Waals surface area contributed by atoms with Crippen molar-refractivity contribution in [2.24, 2.45) is 0 Å². The van der Waals surface area contributed by atoms with Gasteiger partial charge in [-0.05, 0) is 18.2 Å². The number of nitrogens with zero attached hydrogens (tertiary/aromatic N) is 5. The van der Waals surface area contributed by atoms with Gasteiger partial charge >= 0.3 is 0 Å². The molecule has 1 aliphatic heterocycles. The second-order valence-corrected chi connectivity index (χ2v) is 6.70. The number of aromatic nitrogens is 3. The highest BCUT2D eigenvalue weighted by molar-refractivity contribution is 5.93. The molecule has 1 aromatic carbocycles. The van der Waals surface area contributed by atoms with Crippen molar-refractivity contribution in [1.82, 2.24) is 19.9 Å². The van der Waals surface area contributed by atoms with Gasteiger partial charge in [-0.3, -0.25) is 4.79 Å². The molecular weight excluding hydrogens is 371 g/mol. The van der Waals surface area contributed by atoms with Crippen LogP contribution in [0.5, 0.6) is 0 Å². The maximum atomic E-state index is 13.8. The second kappa shape index (κ2) is 8.64. The van der Waals surface area contributed by atoms with Gasteiger partial charge in [0.15, 0.2) is 0 Å². The van der Waals surface area contributed by atoms with Crippen LogP contribution in [0.1, 0.15) is 16.1 Å². The lowest BCUT2D eigenvalue weighted by Crippen LogP contribution is -2.49. The van der Waals surface area contributed by atoms with Gasteiger partial charge in [0.2, 0.25) is 0 Å². The number of carbonyl (C=O) groups is 1. The van der Waals surface area contributed by atoms with Crippen molar-refractivity contribution in [1.29, 1.82) is 0 Å². The molecule has 0 spiro atoms. The molecule has 3 aromatic rings. The molecule has 148 valence electrons. The lowest BCUT2D eigenvalue weighted by molar-refractivity contribution is 0.0740. The van der Waals surface area contributed by atoms with E-state index in [-0.39, 0.29) is 18.3 Å². The van der Waals surface area contributed by atoms with Crippen LogP contribution in [0.15, 0.2) is 61.1 Å². The Morgan fingerprint density at radius 2 is 1.79 bits per heavy atom. The number of amides is 1. The van der Waals surface area contributed by atoms with Crippen LogP contribution in [0, 0.1) is 5.82 Å². The second-order valence-electron chi connectivity index (χ2n) is 6.70. The Bertz CT molecular complexity index is 976. The minimum atomic E-state index is -0.281. The van der Waals surface area contributed by atoms with E-state index < -0.39 is 0 Å². The van der Waals surface area contributed by atoms with Crippen LogP contribution in [-0.4, -0.2) is 51.9 Å². The number of hydrogen-bond donors (Lipinski definition) is 1. The van der Waals surface area contributed by atoms with Crippen molar-refractivity contribution in [2.45, 2.75) is 6.54 Å². The number of piperazine rings is 1. The van der Waals surface area contributed by atoms with Crippen LogP contribution in [0.2, 0.25) is 0 Å². The Kier molecular flexibility index (Phi) is 5.60. The fraction of sp³-hybridized carbons (Fsp3) is 0.238. The van der Waals surface area contributed by atoms with Crippen molar-refractivity contribution in [3.05, 3.63) is 78.1 Å². The molecular formula is C21H21FN6O. The SMILES string of the molecule is O=C(c1cc(NCc2ccccc2F)ncn1)N1CCN(c2ccccn2)CC1. The number of halogens is 1. The van der Waals surface area contributed by atoms with E-state index in [1.54, 1.807) is 35.4 Å². The average molecular weight is 392 g/mol. The van der Waals surface area contributed by atoms with Crippen molar-refractivity contribution in [3.8, 4) is 0 Å². The van der Waals surface area contributed by atoms with Crippen LogP contribution >= 0.6 is 0 Å². The summed E-state index contributed by atoms with van der Waals surface area (Å²) in [5.41, 5.74) is 0.854. The quantitative estimate of drug-likeness (QED) is 0.720. The molecule has 3 heterocycles. The number of carbonyl (C=O) groups excluding carboxylic acids is 1. The van der Waals surface area contributed by atoms with E-state index in [9.17, 15) is 9.18 Å². The van der Waals surface area contributed by atoms with Gasteiger partial charge in [0.05, 0.1) is 0 Å². The normalized spacial score (nSPS) is 14.0. The van der Waals surface area contributed by atoms with Gasteiger partial charge in [-0.1, -0.05) is 24.3 Å². The van der Waals surface area contributed by atoms with Gasteiger partial charge in [-0.15, -0.1) is 0 Å². The number of rotatable bonds is 5. The summed E-state index contributed by atoms with van der Waals surface area (Å²) in [6.07, 6.45) is 3.12. The molecule has 0 radical (unpaired) electrons. The molecule has 1 N–H and O–H groups in total. The van der Waals surface area contributed by atoms with Crippen LogP contribution in [0.3, 0.4) is 0 Å². The topological polar surface area (TPSA) is 74.2 Å². The molecule has 4 rings (SSSR count). The van der Waals surface area contributed by atoms with E-state index in [1.807, 2.05) is 18.2 Å². The summed E-state index contributed by atoms with van der Waals surface area (Å²) in [6.45, 7) is 2.90. The number of hydrogen-bond acceptors (Lipinski definition) is 6. The van der Waals surface area contributed by atoms with Gasteiger partial charge < -0.3 is 15.1 Å². The first-order chi connectivity index (χ1) is 14.2. The standard InChI is InChI=1S/C21H21FN6O/c22-17-6-2-1-5-16(17)14-24-19-13-18(25-15-26-19)21(29)28-11-9-27(10-12-28)20-7-3-4-8-23-20/h1-8,13,15H,9-12,14H2,(H,24,25,26). The molecule has 1 saturated heterocycles. The smallest absolute Gasteiger partial charge is 0.272 e. The van der Waals surface area contributed by atoms with E-state index in [0.717, 1.165) is 5.82 Å². The molecule has 1 aliphatic rings. The van der Waals surface area contributed by atoms with Crippen LogP contribution in [-0.2, 0) is 6.54 Å². The molecule has 0 bridgehead atoms. The lowest BCUT2D eigenvalue weighted by Gasteiger charge is -2.35. The molecule has 0 unspecified atom stereocenters. The maximum absolute atomic E-state index is 13.8. The molecule has 0 atom stereocenters. The highest BCUT2D eigenvalue weighted by Crippen LogP contribution is 2.15. The molecule has 0 saturated carbocycles. The van der Waals surface area contributed by atoms with Crippen LogP contribution in [0.25, 0.3) is 0 Å². The Morgan fingerprint density at radius 3 is 2.55 bits per heavy atom. The maximum Gasteiger partial charge on any atom is 0.272 e. The van der Waals surface area contributed by atoms with Gasteiger partial charge in [-0.2, -0.15) is 0 Å². The van der Waals surface area contributed by atoms with Crippen molar-refractivity contribution in [3.63, 3.8) is 0 Å². The van der Waals surface area contributed by atoms with Gasteiger partial charge in [0, 0.05) is 50.6 Å². The highest BCUT2D eigenvalue weighted by atomic mass is 19.1. The summed E-state index contributed by atoms with van der Waals surface area (Å²) >= 11 is 0. The molecule has 2 aromatic heterocycles. The summed E-state index contributed by atoms with van der Waals surface area (Å²) in [5, 5.41) is 3.05. The molecule has 8 heteroatoms. The monoisotopic (exact) mass is 392 g/mol. The zero-order valence-corrected chi connectivity index (χ0v) is 15.8. The third kappa shape index (κ3) is 4.48. The number of benzene rings is 1. The largest absolute Gasteiger partial charge is 0.366 e. The van der Waals surface area contributed by atoms with Crippen molar-refractivity contribution < 1.29 is 9.18 Å². The minimum Gasteiger partial charge on any atom is -0.366 e. The first kappa shape index (κ1) is 18.8. The lowest BCUT2D eigenvalue weighted by atomic mass is 10.2. The Hall–Kier alpha value is -3.55. The summed E-state index contributed by atoms with van der Waals surface area (Å²) < 4.78 is 13.8. The minimum absolute atomic E-state index is 0.137. The Labute approximate surface area is 168 Å². The van der Waals surface area contributed by atoms with E-state index in [4.69, 9.17) is 0 Å². The predicted molar refractivity (Wildman–Crippen MR) is 108 cm³/mol. The summed E-state index contributed by atoms with van der Waals surface area (Å²) in [5.74, 6) is 0.984. The van der Waals surface area contributed by atoms with Crippen LogP contribution in [0.4, 0.5) is 16.0 Å². The van der Waals surface area contributed by atoms with E-state index >= 15 is 0 Å². The first-order valence-corrected chi connectivity index (χ1v) is 9.45. The molecule has 1 fully saturated rings. The third-order valence-electron chi connectivity index (χ3n) is 4.84. The van der Waals surface area contributed by atoms with Crippen molar-refractivity contribution >= 4 is 17.5 Å². The zero-order chi connectivity index (χ0) is 20.1. The third-order valence-corrected chi connectivity index (χ3v) is 4.84. The number of anilines is 2. The van der Waals surface area contributed by atoms with E-state index in [1.165, 1.54) is 12.4 Å². The molecule has 7 nitrogen and oxygen atoms in total. The summed E-state index contributed by atoms with van der Waals surface area (Å²) in [7, 11) is 0. The molecule has 0 aliphatic carbocycles. The fourth-order valence-electron chi connectivity index (χ4n) is 3.24.